The van der Waals surface area contributed by atoms with Crippen molar-refractivity contribution in [3.8, 4) is 11.4 Å². The Morgan fingerprint density at radius 2 is 2.03 bits per heavy atom. The van der Waals surface area contributed by atoms with Crippen LogP contribution in [0, 0.1) is 4.64 Å². The molecule has 5 rings (SSSR count). The van der Waals surface area contributed by atoms with Gasteiger partial charge in [-0.1, -0.05) is 19.1 Å². The number of pyridine rings is 2. The van der Waals surface area contributed by atoms with Gasteiger partial charge in [-0.25, -0.2) is 9.78 Å². The molecule has 2 aliphatic heterocycles. The van der Waals surface area contributed by atoms with Crippen LogP contribution in [0.2, 0.25) is 0 Å². The Kier molecular flexibility index (Phi) is 6.09. The first kappa shape index (κ1) is 25.0. The summed E-state index contributed by atoms with van der Waals surface area (Å²) in [6, 6.07) is 7.67. The number of aromatic nitrogens is 2. The van der Waals surface area contributed by atoms with Gasteiger partial charge < -0.3 is 30.8 Å². The monoisotopic (exact) mass is 521 g/mol. The van der Waals surface area contributed by atoms with Gasteiger partial charge in [-0.05, 0) is 50.6 Å². The van der Waals surface area contributed by atoms with E-state index in [9.17, 15) is 19.5 Å². The third-order valence-corrected chi connectivity index (χ3v) is 7.41. The summed E-state index contributed by atoms with van der Waals surface area (Å²) in [6.07, 6.45) is 0.164. The second-order valence-corrected chi connectivity index (χ2v) is 9.90. The molecule has 0 fully saturated rings. The lowest BCUT2D eigenvalue weighted by Crippen LogP contribution is -2.47. The summed E-state index contributed by atoms with van der Waals surface area (Å²) in [5, 5.41) is 17.3. The summed E-state index contributed by atoms with van der Waals surface area (Å²) in [5.41, 5.74) is 8.57. The van der Waals surface area contributed by atoms with Crippen molar-refractivity contribution in [1.29, 1.82) is 0 Å². The van der Waals surface area contributed by atoms with E-state index in [0.29, 0.717) is 33.5 Å². The van der Waals surface area contributed by atoms with Crippen LogP contribution in [0.5, 0.6) is 0 Å². The maximum atomic E-state index is 12.6. The van der Waals surface area contributed by atoms with Gasteiger partial charge >= 0.3 is 5.97 Å². The highest BCUT2D eigenvalue weighted by atomic mass is 32.1. The fourth-order valence-electron chi connectivity index (χ4n) is 4.72. The molecule has 5 N–H and O–H groups in total. The average Bonchev–Trinajstić information content (AvgIpc) is 3.22. The number of cyclic esters (lactones) is 1. The number of carbonyl (C=O) groups excluding carboxylic acids is 3. The van der Waals surface area contributed by atoms with E-state index in [-0.39, 0.29) is 18.9 Å². The molecule has 1 aromatic carbocycles. The lowest BCUT2D eigenvalue weighted by Gasteiger charge is -2.32. The standard InChI is InChI=1S/C26H27N5O5S/c1-4-26(35)18-9-20-21-15(10-31(20)24(37)17(18)11-36-25(26)34)7-14-8-16(5-6-19(14)30-21)29-23(33)13(3)28-22(32)12(2)27/h5-9,12-13,35H,4,10-11,27H2,1-3H3,(H,28,32)(H,29,33)/t12-,13-,26-/m0/s1. The molecule has 0 radical (unpaired) electrons. The van der Waals surface area contributed by atoms with E-state index in [4.69, 9.17) is 27.7 Å². The van der Waals surface area contributed by atoms with Crippen molar-refractivity contribution >= 4 is 46.6 Å². The lowest BCUT2D eigenvalue weighted by atomic mass is 9.86. The first-order valence-electron chi connectivity index (χ1n) is 12.0. The molecule has 0 bridgehead atoms. The van der Waals surface area contributed by atoms with Crippen molar-refractivity contribution in [2.24, 2.45) is 5.73 Å². The zero-order valence-corrected chi connectivity index (χ0v) is 21.4. The Hall–Kier alpha value is -3.67. The predicted molar refractivity (Wildman–Crippen MR) is 139 cm³/mol. The van der Waals surface area contributed by atoms with Gasteiger partial charge in [0.15, 0.2) is 5.60 Å². The molecule has 0 unspecified atom stereocenters. The van der Waals surface area contributed by atoms with Crippen LogP contribution in [-0.2, 0) is 37.9 Å². The molecule has 37 heavy (non-hydrogen) atoms. The number of nitrogens with two attached hydrogens (primary N) is 1. The zero-order valence-electron chi connectivity index (χ0n) is 20.6. The number of aliphatic hydroxyl groups is 1. The fourth-order valence-corrected chi connectivity index (χ4v) is 5.06. The molecule has 192 valence electrons. The molecular weight excluding hydrogens is 494 g/mol. The summed E-state index contributed by atoms with van der Waals surface area (Å²) >= 11 is 5.73. The summed E-state index contributed by atoms with van der Waals surface area (Å²) in [5.74, 6) is -1.45. The minimum Gasteiger partial charge on any atom is -0.458 e. The average molecular weight is 522 g/mol. The second-order valence-electron chi connectivity index (χ2n) is 9.51. The maximum Gasteiger partial charge on any atom is 0.343 e. The van der Waals surface area contributed by atoms with Gasteiger partial charge in [-0.3, -0.25) is 9.59 Å². The summed E-state index contributed by atoms with van der Waals surface area (Å²) in [4.78, 5) is 41.6. The van der Waals surface area contributed by atoms with E-state index < -0.39 is 29.6 Å². The molecular formula is C26H27N5O5S. The van der Waals surface area contributed by atoms with Crippen molar-refractivity contribution in [3.05, 3.63) is 51.7 Å². The summed E-state index contributed by atoms with van der Waals surface area (Å²) in [7, 11) is 0. The summed E-state index contributed by atoms with van der Waals surface area (Å²) < 4.78 is 7.68. The van der Waals surface area contributed by atoms with E-state index in [1.807, 2.05) is 16.7 Å². The Morgan fingerprint density at radius 3 is 2.73 bits per heavy atom. The fraction of sp³-hybridized carbons (Fsp3) is 0.346. The van der Waals surface area contributed by atoms with Crippen LogP contribution in [0.3, 0.4) is 0 Å². The molecule has 0 saturated carbocycles. The number of fused-ring (bicyclic) bond motifs is 5. The van der Waals surface area contributed by atoms with Crippen LogP contribution < -0.4 is 16.4 Å². The molecule has 4 heterocycles. The van der Waals surface area contributed by atoms with E-state index >= 15 is 0 Å². The molecule has 3 aromatic rings. The molecule has 2 aromatic heterocycles. The number of nitrogens with one attached hydrogen (secondary N) is 2. The highest BCUT2D eigenvalue weighted by Crippen LogP contribution is 2.41. The summed E-state index contributed by atoms with van der Waals surface area (Å²) in [6.45, 7) is 5.36. The van der Waals surface area contributed by atoms with E-state index in [0.717, 1.165) is 22.3 Å². The SMILES string of the molecule is CC[C@@]1(O)C(=O)OCc2c1cc1n(c2=S)Cc2cc3cc(NC(=O)[C@H](C)NC(=O)[C@H](C)N)ccc3nc2-1. The smallest absolute Gasteiger partial charge is 0.343 e. The van der Waals surface area contributed by atoms with Gasteiger partial charge in [-0.15, -0.1) is 0 Å². The highest BCUT2D eigenvalue weighted by molar-refractivity contribution is 7.71. The van der Waals surface area contributed by atoms with Crippen LogP contribution in [0.15, 0.2) is 30.3 Å². The van der Waals surface area contributed by atoms with Crippen molar-refractivity contribution in [1.82, 2.24) is 14.9 Å². The molecule has 0 saturated heterocycles. The third-order valence-electron chi connectivity index (χ3n) is 6.94. The molecule has 2 amide bonds. The Morgan fingerprint density at radius 1 is 1.27 bits per heavy atom. The number of carbonyl (C=O) groups is 3. The van der Waals surface area contributed by atoms with Crippen LogP contribution in [0.1, 0.15) is 43.9 Å². The minimum atomic E-state index is -1.75. The van der Waals surface area contributed by atoms with Gasteiger partial charge in [0.1, 0.15) is 17.3 Å². The van der Waals surface area contributed by atoms with Crippen LogP contribution >= 0.6 is 12.2 Å². The van der Waals surface area contributed by atoms with Gasteiger partial charge in [-0.2, -0.15) is 0 Å². The topological polar surface area (TPSA) is 149 Å². The van der Waals surface area contributed by atoms with Crippen molar-refractivity contribution < 1.29 is 24.2 Å². The van der Waals surface area contributed by atoms with Crippen molar-refractivity contribution in [2.75, 3.05) is 5.32 Å². The van der Waals surface area contributed by atoms with Gasteiger partial charge in [0.05, 0.1) is 29.5 Å². The van der Waals surface area contributed by atoms with Gasteiger partial charge in [0, 0.05) is 27.8 Å². The molecule has 0 aliphatic carbocycles. The molecule has 11 heteroatoms. The number of benzene rings is 1. The van der Waals surface area contributed by atoms with Gasteiger partial charge in [0.2, 0.25) is 11.8 Å². The lowest BCUT2D eigenvalue weighted by molar-refractivity contribution is -0.172. The first-order valence-corrected chi connectivity index (χ1v) is 12.4. The predicted octanol–water partition coefficient (Wildman–Crippen LogP) is 2.24. The highest BCUT2D eigenvalue weighted by Gasteiger charge is 2.44. The van der Waals surface area contributed by atoms with E-state index in [1.54, 1.807) is 39.0 Å². The van der Waals surface area contributed by atoms with E-state index in [1.165, 1.54) is 0 Å². The minimum absolute atomic E-state index is 0.0213. The van der Waals surface area contributed by atoms with Gasteiger partial charge in [0.25, 0.3) is 0 Å². The van der Waals surface area contributed by atoms with Crippen molar-refractivity contribution in [2.45, 2.75) is 58.0 Å². The van der Waals surface area contributed by atoms with Crippen LogP contribution in [-0.4, -0.2) is 44.5 Å². The number of rotatable bonds is 5. The first-order chi connectivity index (χ1) is 17.5. The van der Waals surface area contributed by atoms with Crippen LogP contribution in [0.25, 0.3) is 22.3 Å². The second kappa shape index (κ2) is 9.02. The third kappa shape index (κ3) is 4.08. The van der Waals surface area contributed by atoms with Crippen LogP contribution in [0.4, 0.5) is 5.69 Å². The Bertz CT molecular complexity index is 1550. The molecule has 10 nitrogen and oxygen atoms in total. The molecule has 0 spiro atoms. The quantitative estimate of drug-likeness (QED) is 0.231. The molecule has 3 atom stereocenters. The number of esters is 1. The Labute approximate surface area is 217 Å². The number of hydrogen-bond acceptors (Lipinski definition) is 8. The number of hydrogen-bond donors (Lipinski definition) is 4. The number of anilines is 1. The number of ether oxygens (including phenoxy) is 1. The number of nitrogens with zero attached hydrogens (tertiary/aromatic N) is 2. The number of amides is 2. The van der Waals surface area contributed by atoms with E-state index in [2.05, 4.69) is 10.6 Å². The maximum absolute atomic E-state index is 12.6. The normalized spacial score (nSPS) is 19.3. The Balaban J connectivity index is 1.48. The zero-order chi connectivity index (χ0) is 26.6. The largest absolute Gasteiger partial charge is 0.458 e. The molecule has 2 aliphatic rings. The van der Waals surface area contributed by atoms with Crippen molar-refractivity contribution in [3.63, 3.8) is 0 Å².